The van der Waals surface area contributed by atoms with Gasteiger partial charge >= 0.3 is 7.12 Å². The molecule has 0 saturated carbocycles. The first-order valence-corrected chi connectivity index (χ1v) is 12.3. The van der Waals surface area contributed by atoms with Crippen LogP contribution in [0.1, 0.15) is 27.7 Å². The molecule has 35 heavy (non-hydrogen) atoms. The van der Waals surface area contributed by atoms with Crippen LogP contribution in [0.5, 0.6) is 11.5 Å². The van der Waals surface area contributed by atoms with Gasteiger partial charge in [-0.15, -0.1) is 0 Å². The van der Waals surface area contributed by atoms with Crippen molar-refractivity contribution < 1.29 is 23.9 Å². The van der Waals surface area contributed by atoms with Crippen molar-refractivity contribution in [3.8, 4) is 11.5 Å². The topological polar surface area (TPSA) is 57.2 Å². The first-order valence-electron chi connectivity index (χ1n) is 11.5. The lowest BCUT2D eigenvalue weighted by Gasteiger charge is -2.32. The van der Waals surface area contributed by atoms with E-state index in [2.05, 4.69) is 28.1 Å². The standard InChI is InChI=1S/C18H23BO4.C10H7BrO/c1-17(2)18(3,4)23-19(22-17)16-14-9-7-6-8-13(14)10-11-15(16)21-12-20-5;11-10-8-4-2-1-3-7(8)5-6-9(10)12/h6-11H,12H2,1-5H3;1-6,12H. The second-order valence-electron chi connectivity index (χ2n) is 9.46. The van der Waals surface area contributed by atoms with Crippen LogP contribution in [-0.4, -0.2) is 37.3 Å². The summed E-state index contributed by atoms with van der Waals surface area (Å²) in [5.74, 6) is 1.01. The Morgan fingerprint density at radius 3 is 1.97 bits per heavy atom. The fourth-order valence-corrected chi connectivity index (χ4v) is 4.44. The van der Waals surface area contributed by atoms with Crippen LogP contribution < -0.4 is 10.2 Å². The van der Waals surface area contributed by atoms with Crippen molar-refractivity contribution in [1.82, 2.24) is 0 Å². The minimum absolute atomic E-state index is 0.185. The average Bonchev–Trinajstić information content (AvgIpc) is 3.06. The number of rotatable bonds is 4. The number of benzene rings is 4. The van der Waals surface area contributed by atoms with Gasteiger partial charge in [-0.2, -0.15) is 0 Å². The summed E-state index contributed by atoms with van der Waals surface area (Å²) in [5, 5.41) is 13.7. The summed E-state index contributed by atoms with van der Waals surface area (Å²) >= 11 is 3.33. The smallest absolute Gasteiger partial charge is 0.499 e. The van der Waals surface area contributed by atoms with Gasteiger partial charge in [0.1, 0.15) is 11.5 Å². The van der Waals surface area contributed by atoms with Gasteiger partial charge in [-0.05, 0) is 77.3 Å². The third kappa shape index (κ3) is 5.19. The molecule has 0 bridgehead atoms. The molecule has 1 heterocycles. The highest BCUT2D eigenvalue weighted by molar-refractivity contribution is 9.10. The molecule has 1 N–H and O–H groups in total. The highest BCUT2D eigenvalue weighted by Crippen LogP contribution is 2.38. The summed E-state index contributed by atoms with van der Waals surface area (Å²) in [6.45, 7) is 8.38. The second kappa shape index (κ2) is 10.2. The van der Waals surface area contributed by atoms with Crippen LogP contribution in [0.25, 0.3) is 21.5 Å². The molecule has 0 radical (unpaired) electrons. The fourth-order valence-electron chi connectivity index (χ4n) is 3.95. The number of ether oxygens (including phenoxy) is 2. The molecule has 1 saturated heterocycles. The number of aromatic hydroxyl groups is 1. The molecule has 4 aromatic carbocycles. The number of methoxy groups -OCH3 is 1. The maximum Gasteiger partial charge on any atom is 0.499 e. The van der Waals surface area contributed by atoms with E-state index >= 15 is 0 Å². The summed E-state index contributed by atoms with van der Waals surface area (Å²) in [7, 11) is 1.13. The highest BCUT2D eigenvalue weighted by Gasteiger charge is 2.52. The number of fused-ring (bicyclic) bond motifs is 2. The Bertz CT molecular complexity index is 1320. The van der Waals surface area contributed by atoms with Crippen LogP contribution in [0.4, 0.5) is 0 Å². The molecule has 1 aliphatic rings. The minimum Gasteiger partial charge on any atom is -0.507 e. The summed E-state index contributed by atoms with van der Waals surface area (Å²) in [4.78, 5) is 0. The van der Waals surface area contributed by atoms with Crippen molar-refractivity contribution in [3.63, 3.8) is 0 Å². The lowest BCUT2D eigenvalue weighted by molar-refractivity contribution is 0.00578. The van der Waals surface area contributed by atoms with Gasteiger partial charge in [0.25, 0.3) is 0 Å². The van der Waals surface area contributed by atoms with Gasteiger partial charge in [0.2, 0.25) is 0 Å². The molecular weight excluding hydrogens is 507 g/mol. The van der Waals surface area contributed by atoms with Crippen molar-refractivity contribution in [2.75, 3.05) is 13.9 Å². The van der Waals surface area contributed by atoms with Gasteiger partial charge < -0.3 is 23.9 Å². The quantitative estimate of drug-likeness (QED) is 0.240. The Balaban J connectivity index is 0.000000201. The number of phenolic OH excluding ortho intramolecular Hbond substituents is 1. The molecular formula is C28H30BBrO5. The zero-order chi connectivity index (χ0) is 25.2. The van der Waals surface area contributed by atoms with Crippen molar-refractivity contribution in [3.05, 3.63) is 77.3 Å². The first-order chi connectivity index (χ1) is 16.6. The number of hydrogen-bond donors (Lipinski definition) is 1. The molecule has 7 heteroatoms. The lowest BCUT2D eigenvalue weighted by Crippen LogP contribution is -2.41. The molecule has 1 fully saturated rings. The van der Waals surface area contributed by atoms with Crippen molar-refractivity contribution in [1.29, 1.82) is 0 Å². The lowest BCUT2D eigenvalue weighted by atomic mass is 9.75. The Labute approximate surface area is 215 Å². The van der Waals surface area contributed by atoms with E-state index in [9.17, 15) is 5.11 Å². The SMILES string of the molecule is COCOc1ccc2ccccc2c1B1OC(C)(C)C(C)(C)O1.Oc1ccc2ccccc2c1Br. The molecule has 0 aliphatic carbocycles. The van der Waals surface area contributed by atoms with Gasteiger partial charge in [0.05, 0.1) is 15.7 Å². The molecule has 182 valence electrons. The normalized spacial score (nSPS) is 16.2. The minimum atomic E-state index is -0.474. The van der Waals surface area contributed by atoms with Crippen LogP contribution in [0.15, 0.2) is 77.3 Å². The van der Waals surface area contributed by atoms with E-state index < -0.39 is 18.3 Å². The van der Waals surface area contributed by atoms with E-state index in [1.807, 2.05) is 82.3 Å². The monoisotopic (exact) mass is 536 g/mol. The Morgan fingerprint density at radius 2 is 1.34 bits per heavy atom. The second-order valence-corrected chi connectivity index (χ2v) is 10.3. The predicted molar refractivity (Wildman–Crippen MR) is 145 cm³/mol. The summed E-state index contributed by atoms with van der Waals surface area (Å²) in [5.41, 5.74) is 0.124. The van der Waals surface area contributed by atoms with E-state index in [1.54, 1.807) is 13.2 Å². The van der Waals surface area contributed by atoms with E-state index in [-0.39, 0.29) is 12.5 Å². The molecule has 0 amide bonds. The largest absolute Gasteiger partial charge is 0.507 e. The third-order valence-corrected chi connectivity index (χ3v) is 7.43. The zero-order valence-electron chi connectivity index (χ0n) is 20.7. The van der Waals surface area contributed by atoms with Crippen LogP contribution >= 0.6 is 15.9 Å². The molecule has 1 aliphatic heterocycles. The van der Waals surface area contributed by atoms with Crippen molar-refractivity contribution in [2.24, 2.45) is 0 Å². The molecule has 5 rings (SSSR count). The van der Waals surface area contributed by atoms with Crippen LogP contribution in [0.3, 0.4) is 0 Å². The molecule has 0 aromatic heterocycles. The first kappa shape index (κ1) is 25.5. The summed E-state index contributed by atoms with van der Waals surface area (Å²) in [6, 6.07) is 23.7. The van der Waals surface area contributed by atoms with Gasteiger partial charge in [-0.1, -0.05) is 60.7 Å². The van der Waals surface area contributed by atoms with E-state index in [0.29, 0.717) is 0 Å². The molecule has 4 aromatic rings. The van der Waals surface area contributed by atoms with Crippen LogP contribution in [0, 0.1) is 0 Å². The third-order valence-electron chi connectivity index (χ3n) is 6.59. The van der Waals surface area contributed by atoms with E-state index in [1.165, 1.54) is 0 Å². The number of phenols is 1. The average molecular weight is 537 g/mol. The number of hydrogen-bond acceptors (Lipinski definition) is 5. The molecule has 0 unspecified atom stereocenters. The zero-order valence-corrected chi connectivity index (χ0v) is 22.3. The highest BCUT2D eigenvalue weighted by atomic mass is 79.9. The van der Waals surface area contributed by atoms with E-state index in [4.69, 9.17) is 18.8 Å². The Kier molecular flexibility index (Phi) is 7.43. The van der Waals surface area contributed by atoms with Gasteiger partial charge in [-0.25, -0.2) is 0 Å². The summed E-state index contributed by atoms with van der Waals surface area (Å²) in [6.07, 6.45) is 0. The number of halogens is 1. The van der Waals surface area contributed by atoms with Crippen LogP contribution in [0.2, 0.25) is 0 Å². The Morgan fingerprint density at radius 1 is 0.800 bits per heavy atom. The maximum absolute atomic E-state index is 9.37. The van der Waals surface area contributed by atoms with Gasteiger partial charge in [-0.3, -0.25) is 0 Å². The Hall–Kier alpha value is -2.58. The maximum atomic E-state index is 9.37. The predicted octanol–water partition coefficient (Wildman–Crippen LogP) is 6.43. The molecule has 5 nitrogen and oxygen atoms in total. The fraction of sp³-hybridized carbons (Fsp3) is 0.286. The summed E-state index contributed by atoms with van der Waals surface area (Å²) < 4.78 is 24.1. The van der Waals surface area contributed by atoms with Crippen LogP contribution in [-0.2, 0) is 14.0 Å². The van der Waals surface area contributed by atoms with Gasteiger partial charge in [0, 0.05) is 12.6 Å². The molecule has 0 atom stereocenters. The van der Waals surface area contributed by atoms with Gasteiger partial charge in [0.15, 0.2) is 6.79 Å². The molecule has 0 spiro atoms. The van der Waals surface area contributed by atoms with Crippen molar-refractivity contribution in [2.45, 2.75) is 38.9 Å². The van der Waals surface area contributed by atoms with Crippen molar-refractivity contribution >= 4 is 50.1 Å². The van der Waals surface area contributed by atoms with E-state index in [0.717, 1.165) is 37.2 Å².